The van der Waals surface area contributed by atoms with E-state index in [4.69, 9.17) is 11.6 Å². The van der Waals surface area contributed by atoms with Crippen LogP contribution in [0.5, 0.6) is 0 Å². The van der Waals surface area contributed by atoms with Crippen LogP contribution in [-0.4, -0.2) is 23.6 Å². The molecule has 0 bridgehead atoms. The molecule has 5 heteroatoms. The third-order valence-corrected chi connectivity index (χ3v) is 2.42. The Balaban J connectivity index is 2.47. The number of halogens is 1. The van der Waals surface area contributed by atoms with Crippen LogP contribution in [0.1, 0.15) is 11.3 Å². The largest absolute Gasteiger partial charge is 0.357 e. The molecule has 13 heavy (non-hydrogen) atoms. The van der Waals surface area contributed by atoms with Crippen LogP contribution >= 0.6 is 11.6 Å². The van der Waals surface area contributed by atoms with Crippen molar-refractivity contribution in [3.8, 4) is 0 Å². The number of anilines is 1. The lowest BCUT2D eigenvalue weighted by molar-refractivity contribution is 0.627. The fraction of sp³-hybridized carbons (Fsp3) is 0.500. The average Bonchev–Trinajstić information content (AvgIpc) is 2.18. The van der Waals surface area contributed by atoms with Crippen molar-refractivity contribution < 1.29 is 0 Å². The summed E-state index contributed by atoms with van der Waals surface area (Å²) in [5.41, 5.74) is 2.09. The van der Waals surface area contributed by atoms with Crippen molar-refractivity contribution in [3.05, 3.63) is 16.4 Å². The molecule has 1 aromatic heterocycles. The van der Waals surface area contributed by atoms with Crippen molar-refractivity contribution in [2.45, 2.75) is 13.0 Å². The molecule has 0 unspecified atom stereocenters. The number of nitrogens with one attached hydrogen (secondary N) is 2. The van der Waals surface area contributed by atoms with Crippen molar-refractivity contribution in [1.82, 2.24) is 15.3 Å². The molecule has 0 saturated carbocycles. The van der Waals surface area contributed by atoms with Gasteiger partial charge in [0.2, 0.25) is 5.95 Å². The van der Waals surface area contributed by atoms with Crippen molar-refractivity contribution in [2.75, 3.05) is 18.9 Å². The van der Waals surface area contributed by atoms with Gasteiger partial charge < -0.3 is 10.6 Å². The number of rotatable bonds is 1. The van der Waals surface area contributed by atoms with Crippen molar-refractivity contribution in [3.63, 3.8) is 0 Å². The Morgan fingerprint density at radius 2 is 2.31 bits per heavy atom. The molecule has 0 fully saturated rings. The molecule has 0 aromatic carbocycles. The maximum absolute atomic E-state index is 5.99. The zero-order valence-corrected chi connectivity index (χ0v) is 8.15. The molecule has 70 valence electrons. The van der Waals surface area contributed by atoms with Gasteiger partial charge in [-0.15, -0.1) is 0 Å². The summed E-state index contributed by atoms with van der Waals surface area (Å²) < 4.78 is 0. The Labute approximate surface area is 81.7 Å². The molecule has 0 amide bonds. The minimum absolute atomic E-state index is 0.557. The Hall–Kier alpha value is -0.870. The first-order valence-electron chi connectivity index (χ1n) is 4.25. The summed E-state index contributed by atoms with van der Waals surface area (Å²) in [6.07, 6.45) is 0.923. The Morgan fingerprint density at radius 1 is 1.46 bits per heavy atom. The van der Waals surface area contributed by atoms with E-state index in [1.165, 1.54) is 0 Å². The maximum Gasteiger partial charge on any atom is 0.224 e. The predicted octanol–water partition coefficient (Wildman–Crippen LogP) is 0.817. The highest BCUT2D eigenvalue weighted by atomic mass is 35.5. The number of hydrogen-bond donors (Lipinski definition) is 2. The van der Waals surface area contributed by atoms with Crippen molar-refractivity contribution in [2.24, 2.45) is 0 Å². The second-order valence-corrected chi connectivity index (χ2v) is 3.30. The highest BCUT2D eigenvalue weighted by Gasteiger charge is 2.15. The molecule has 0 atom stereocenters. The fourth-order valence-corrected chi connectivity index (χ4v) is 1.67. The zero-order chi connectivity index (χ0) is 9.26. The van der Waals surface area contributed by atoms with E-state index >= 15 is 0 Å². The van der Waals surface area contributed by atoms with E-state index in [-0.39, 0.29) is 0 Å². The minimum atomic E-state index is 0.557. The Kier molecular flexibility index (Phi) is 2.33. The molecular weight excluding hydrogens is 188 g/mol. The quantitative estimate of drug-likeness (QED) is 0.656. The highest BCUT2D eigenvalue weighted by Crippen LogP contribution is 2.20. The van der Waals surface area contributed by atoms with Crippen LogP contribution in [-0.2, 0) is 13.0 Å². The summed E-state index contributed by atoms with van der Waals surface area (Å²) in [5.74, 6) is 0.602. The maximum atomic E-state index is 5.99. The summed E-state index contributed by atoms with van der Waals surface area (Å²) in [6, 6.07) is 0. The first-order chi connectivity index (χ1) is 6.31. The van der Waals surface area contributed by atoms with Crippen LogP contribution in [0.3, 0.4) is 0 Å². The first-order valence-corrected chi connectivity index (χ1v) is 4.63. The van der Waals surface area contributed by atoms with Gasteiger partial charge in [0.05, 0.1) is 5.69 Å². The molecule has 2 N–H and O–H groups in total. The van der Waals surface area contributed by atoms with Gasteiger partial charge in [0, 0.05) is 32.1 Å². The second-order valence-electron chi connectivity index (χ2n) is 2.94. The molecule has 4 nitrogen and oxygen atoms in total. The van der Waals surface area contributed by atoms with Crippen LogP contribution in [0.25, 0.3) is 0 Å². The monoisotopic (exact) mass is 198 g/mol. The number of aromatic nitrogens is 2. The molecular formula is C8H11ClN4. The van der Waals surface area contributed by atoms with E-state index in [9.17, 15) is 0 Å². The van der Waals surface area contributed by atoms with Gasteiger partial charge in [-0.25, -0.2) is 9.97 Å². The fourth-order valence-electron chi connectivity index (χ4n) is 1.41. The van der Waals surface area contributed by atoms with Gasteiger partial charge in [-0.2, -0.15) is 0 Å². The topological polar surface area (TPSA) is 49.8 Å². The van der Waals surface area contributed by atoms with Crippen molar-refractivity contribution >= 4 is 17.5 Å². The lowest BCUT2D eigenvalue weighted by Crippen LogP contribution is -2.25. The van der Waals surface area contributed by atoms with Gasteiger partial charge in [0.25, 0.3) is 0 Å². The summed E-state index contributed by atoms with van der Waals surface area (Å²) >= 11 is 5.99. The third kappa shape index (κ3) is 1.59. The number of nitrogens with zero attached hydrogens (tertiary/aromatic N) is 2. The van der Waals surface area contributed by atoms with Crippen LogP contribution in [0.2, 0.25) is 5.15 Å². The smallest absolute Gasteiger partial charge is 0.224 e. The van der Waals surface area contributed by atoms with Crippen LogP contribution in [0, 0.1) is 0 Å². The van der Waals surface area contributed by atoms with Crippen LogP contribution in [0.4, 0.5) is 5.95 Å². The zero-order valence-electron chi connectivity index (χ0n) is 7.39. The Morgan fingerprint density at radius 3 is 3.08 bits per heavy atom. The van der Waals surface area contributed by atoms with Crippen molar-refractivity contribution in [1.29, 1.82) is 0 Å². The summed E-state index contributed by atoms with van der Waals surface area (Å²) in [7, 11) is 1.79. The molecule has 0 radical (unpaired) electrons. The van der Waals surface area contributed by atoms with Gasteiger partial charge in [-0.1, -0.05) is 11.6 Å². The number of hydrogen-bond acceptors (Lipinski definition) is 4. The lowest BCUT2D eigenvalue weighted by atomic mass is 10.1. The number of fused-ring (bicyclic) bond motifs is 1. The molecule has 1 aromatic rings. The van der Waals surface area contributed by atoms with Gasteiger partial charge in [0.1, 0.15) is 5.15 Å². The molecule has 2 rings (SSSR count). The summed E-state index contributed by atoms with van der Waals surface area (Å²) in [4.78, 5) is 8.45. The SMILES string of the molecule is CNc1nc(Cl)c2c(n1)CCNC2. The third-order valence-electron chi connectivity index (χ3n) is 2.11. The van der Waals surface area contributed by atoms with E-state index in [0.717, 1.165) is 30.8 Å². The van der Waals surface area contributed by atoms with E-state index in [1.807, 2.05) is 0 Å². The van der Waals surface area contributed by atoms with Gasteiger partial charge >= 0.3 is 0 Å². The van der Waals surface area contributed by atoms with Gasteiger partial charge in [-0.05, 0) is 0 Å². The molecule has 0 saturated heterocycles. The van der Waals surface area contributed by atoms with Gasteiger partial charge in [-0.3, -0.25) is 0 Å². The minimum Gasteiger partial charge on any atom is -0.357 e. The standard InChI is InChI=1S/C8H11ClN4/c1-10-8-12-6-2-3-11-4-5(6)7(9)13-8/h11H,2-4H2,1H3,(H,10,12,13). The first kappa shape index (κ1) is 8.72. The molecule has 2 heterocycles. The summed E-state index contributed by atoms with van der Waals surface area (Å²) in [6.45, 7) is 1.74. The van der Waals surface area contributed by atoms with Crippen LogP contribution in [0.15, 0.2) is 0 Å². The van der Waals surface area contributed by atoms with E-state index < -0.39 is 0 Å². The van der Waals surface area contributed by atoms with E-state index in [1.54, 1.807) is 7.05 Å². The molecule has 0 spiro atoms. The molecule has 1 aliphatic heterocycles. The summed E-state index contributed by atoms with van der Waals surface area (Å²) in [5, 5.41) is 6.68. The molecule has 0 aliphatic carbocycles. The van der Waals surface area contributed by atoms with Gasteiger partial charge in [0.15, 0.2) is 0 Å². The van der Waals surface area contributed by atoms with E-state index in [0.29, 0.717) is 11.1 Å². The average molecular weight is 199 g/mol. The predicted molar refractivity (Wildman–Crippen MR) is 52.0 cm³/mol. The lowest BCUT2D eigenvalue weighted by Gasteiger charge is -2.17. The second kappa shape index (κ2) is 3.47. The normalized spacial score (nSPS) is 15.2. The van der Waals surface area contributed by atoms with E-state index in [2.05, 4.69) is 20.6 Å². The molecule has 1 aliphatic rings. The highest BCUT2D eigenvalue weighted by molar-refractivity contribution is 6.30. The Bertz CT molecular complexity index is 326. The van der Waals surface area contributed by atoms with Crippen LogP contribution < -0.4 is 10.6 Å².